The van der Waals surface area contributed by atoms with Gasteiger partial charge in [0.15, 0.2) is 0 Å². The molecule has 0 saturated heterocycles. The first-order valence-corrected chi connectivity index (χ1v) is 8.74. The Labute approximate surface area is 130 Å². The number of hydrogen-bond donors (Lipinski definition) is 1. The minimum absolute atomic E-state index is 0.387. The van der Waals surface area contributed by atoms with Crippen LogP contribution in [0.3, 0.4) is 0 Å². The second kappa shape index (κ2) is 7.11. The van der Waals surface area contributed by atoms with E-state index in [1.165, 1.54) is 32.1 Å². The Hall–Kier alpha value is -0.590. The lowest BCUT2D eigenvalue weighted by Gasteiger charge is -2.37. The molecule has 2 aliphatic carbocycles. The maximum absolute atomic E-state index is 9.41. The zero-order chi connectivity index (χ0) is 15.5. The van der Waals surface area contributed by atoms with Crippen LogP contribution in [0, 0.1) is 29.1 Å². The Morgan fingerprint density at radius 1 is 1.29 bits per heavy atom. The standard InChI is InChI=1S/C18H32N2O/c1-13(2)16-8-5-14(3)11-17(16)21-10-9-18(4,12-19)20-15-6-7-15/h13-17,20H,5-11H2,1-4H3. The van der Waals surface area contributed by atoms with E-state index < -0.39 is 5.54 Å². The second-order valence-electron chi connectivity index (χ2n) is 7.85. The van der Waals surface area contributed by atoms with Gasteiger partial charge in [-0.1, -0.05) is 27.2 Å². The van der Waals surface area contributed by atoms with Crippen molar-refractivity contribution in [1.29, 1.82) is 5.26 Å². The summed E-state index contributed by atoms with van der Waals surface area (Å²) in [5.74, 6) is 2.15. The Kier molecular flexibility index (Phi) is 5.68. The molecule has 21 heavy (non-hydrogen) atoms. The molecular formula is C18H32N2O. The van der Waals surface area contributed by atoms with Crippen molar-refractivity contribution < 1.29 is 4.74 Å². The average molecular weight is 292 g/mol. The fourth-order valence-corrected chi connectivity index (χ4v) is 3.56. The molecular weight excluding hydrogens is 260 g/mol. The topological polar surface area (TPSA) is 45.0 Å². The second-order valence-corrected chi connectivity index (χ2v) is 7.85. The zero-order valence-electron chi connectivity index (χ0n) is 14.2. The molecule has 0 aromatic heterocycles. The number of nitriles is 1. The highest BCUT2D eigenvalue weighted by Crippen LogP contribution is 2.35. The van der Waals surface area contributed by atoms with E-state index in [2.05, 4.69) is 32.2 Å². The normalized spacial score (nSPS) is 32.7. The minimum Gasteiger partial charge on any atom is -0.378 e. The smallest absolute Gasteiger partial charge is 0.106 e. The molecule has 0 spiro atoms. The largest absolute Gasteiger partial charge is 0.378 e. The minimum atomic E-state index is -0.422. The first kappa shape index (κ1) is 16.8. The fraction of sp³-hybridized carbons (Fsp3) is 0.944. The molecule has 3 nitrogen and oxygen atoms in total. The molecule has 0 aromatic carbocycles. The van der Waals surface area contributed by atoms with Crippen LogP contribution in [0.2, 0.25) is 0 Å². The maximum atomic E-state index is 9.41. The lowest BCUT2D eigenvalue weighted by molar-refractivity contribution is -0.0424. The first-order valence-electron chi connectivity index (χ1n) is 8.74. The number of nitrogens with one attached hydrogen (secondary N) is 1. The quantitative estimate of drug-likeness (QED) is 0.774. The Morgan fingerprint density at radius 2 is 2.00 bits per heavy atom. The van der Waals surface area contributed by atoms with Crippen LogP contribution in [0.15, 0.2) is 0 Å². The van der Waals surface area contributed by atoms with Crippen LogP contribution in [-0.4, -0.2) is 24.3 Å². The predicted octanol–water partition coefficient (Wildman–Crippen LogP) is 3.89. The Balaban J connectivity index is 1.80. The van der Waals surface area contributed by atoms with Crippen LogP contribution in [0.4, 0.5) is 0 Å². The van der Waals surface area contributed by atoms with E-state index in [1.54, 1.807) is 0 Å². The summed E-state index contributed by atoms with van der Waals surface area (Å²) in [5.41, 5.74) is -0.422. The molecule has 3 heteroatoms. The summed E-state index contributed by atoms with van der Waals surface area (Å²) in [6, 6.07) is 3.00. The molecule has 0 aromatic rings. The molecule has 2 rings (SSSR count). The molecule has 4 atom stereocenters. The van der Waals surface area contributed by atoms with Crippen molar-refractivity contribution in [2.75, 3.05) is 6.61 Å². The van der Waals surface area contributed by atoms with Gasteiger partial charge in [-0.15, -0.1) is 0 Å². The van der Waals surface area contributed by atoms with Crippen molar-refractivity contribution in [3.63, 3.8) is 0 Å². The van der Waals surface area contributed by atoms with Crippen LogP contribution in [-0.2, 0) is 4.74 Å². The molecule has 2 saturated carbocycles. The van der Waals surface area contributed by atoms with Gasteiger partial charge in [-0.25, -0.2) is 0 Å². The van der Waals surface area contributed by atoms with Gasteiger partial charge in [-0.2, -0.15) is 5.26 Å². The van der Waals surface area contributed by atoms with Crippen molar-refractivity contribution >= 4 is 0 Å². The predicted molar refractivity (Wildman–Crippen MR) is 85.9 cm³/mol. The van der Waals surface area contributed by atoms with Gasteiger partial charge < -0.3 is 4.74 Å². The molecule has 1 N–H and O–H groups in total. The lowest BCUT2D eigenvalue weighted by Crippen LogP contribution is -2.44. The molecule has 0 radical (unpaired) electrons. The SMILES string of the molecule is CC1CCC(C(C)C)C(OCCC(C)(C#N)NC2CC2)C1. The summed E-state index contributed by atoms with van der Waals surface area (Å²) in [4.78, 5) is 0. The number of ether oxygens (including phenoxy) is 1. The number of rotatable bonds is 7. The van der Waals surface area contributed by atoms with Gasteiger partial charge in [0.2, 0.25) is 0 Å². The van der Waals surface area contributed by atoms with E-state index in [1.807, 2.05) is 6.92 Å². The summed E-state index contributed by atoms with van der Waals surface area (Å²) in [6.07, 6.45) is 7.41. The van der Waals surface area contributed by atoms with Gasteiger partial charge in [0.1, 0.15) is 5.54 Å². The summed E-state index contributed by atoms with van der Waals surface area (Å²) >= 11 is 0. The third-order valence-corrected chi connectivity index (χ3v) is 5.24. The van der Waals surface area contributed by atoms with Crippen LogP contribution < -0.4 is 5.32 Å². The third-order valence-electron chi connectivity index (χ3n) is 5.24. The highest BCUT2D eigenvalue weighted by atomic mass is 16.5. The summed E-state index contributed by atoms with van der Waals surface area (Å²) in [5, 5.41) is 12.9. The molecule has 2 fully saturated rings. The zero-order valence-corrected chi connectivity index (χ0v) is 14.2. The third kappa shape index (κ3) is 4.97. The monoisotopic (exact) mass is 292 g/mol. The maximum Gasteiger partial charge on any atom is 0.106 e. The Bertz CT molecular complexity index is 372. The van der Waals surface area contributed by atoms with Crippen molar-refractivity contribution in [3.05, 3.63) is 0 Å². The molecule has 4 unspecified atom stereocenters. The molecule has 0 amide bonds. The van der Waals surface area contributed by atoms with Crippen molar-refractivity contribution in [3.8, 4) is 6.07 Å². The Morgan fingerprint density at radius 3 is 2.57 bits per heavy atom. The van der Waals surface area contributed by atoms with Crippen LogP contribution in [0.5, 0.6) is 0 Å². The van der Waals surface area contributed by atoms with Crippen molar-refractivity contribution in [2.45, 2.75) is 83.9 Å². The van der Waals surface area contributed by atoms with E-state index in [0.717, 1.165) is 12.3 Å². The fourth-order valence-electron chi connectivity index (χ4n) is 3.56. The van der Waals surface area contributed by atoms with Crippen LogP contribution >= 0.6 is 0 Å². The summed E-state index contributed by atoms with van der Waals surface area (Å²) < 4.78 is 6.24. The molecule has 0 aliphatic heterocycles. The summed E-state index contributed by atoms with van der Waals surface area (Å²) in [6.45, 7) is 9.67. The molecule has 0 heterocycles. The number of nitrogens with zero attached hydrogens (tertiary/aromatic N) is 1. The molecule has 0 bridgehead atoms. The van der Waals surface area contributed by atoms with Gasteiger partial charge in [0.05, 0.1) is 12.2 Å². The van der Waals surface area contributed by atoms with E-state index >= 15 is 0 Å². The van der Waals surface area contributed by atoms with Gasteiger partial charge in [-0.05, 0) is 50.4 Å². The van der Waals surface area contributed by atoms with Gasteiger partial charge >= 0.3 is 0 Å². The van der Waals surface area contributed by atoms with Gasteiger partial charge in [0.25, 0.3) is 0 Å². The molecule has 2 aliphatic rings. The van der Waals surface area contributed by atoms with Gasteiger partial charge in [-0.3, -0.25) is 5.32 Å². The lowest BCUT2D eigenvalue weighted by atomic mass is 9.75. The van der Waals surface area contributed by atoms with Crippen LogP contribution in [0.25, 0.3) is 0 Å². The number of hydrogen-bond acceptors (Lipinski definition) is 3. The van der Waals surface area contributed by atoms with E-state index in [9.17, 15) is 5.26 Å². The molecule has 120 valence electrons. The average Bonchev–Trinajstić information content (AvgIpc) is 3.22. The van der Waals surface area contributed by atoms with E-state index in [0.29, 0.717) is 30.6 Å². The van der Waals surface area contributed by atoms with Crippen molar-refractivity contribution in [2.24, 2.45) is 17.8 Å². The van der Waals surface area contributed by atoms with Crippen molar-refractivity contribution in [1.82, 2.24) is 5.32 Å². The first-order chi connectivity index (χ1) is 9.93. The highest BCUT2D eigenvalue weighted by molar-refractivity contribution is 5.07. The highest BCUT2D eigenvalue weighted by Gasteiger charge is 2.34. The van der Waals surface area contributed by atoms with E-state index in [-0.39, 0.29) is 0 Å². The van der Waals surface area contributed by atoms with Gasteiger partial charge in [0, 0.05) is 19.1 Å². The van der Waals surface area contributed by atoms with E-state index in [4.69, 9.17) is 4.74 Å². The summed E-state index contributed by atoms with van der Waals surface area (Å²) in [7, 11) is 0. The van der Waals surface area contributed by atoms with Crippen LogP contribution in [0.1, 0.15) is 66.2 Å².